The van der Waals surface area contributed by atoms with Gasteiger partial charge in [-0.05, 0) is 40.8 Å². The van der Waals surface area contributed by atoms with E-state index < -0.39 is 0 Å². The smallest absolute Gasteiger partial charge is 0.300 e. The van der Waals surface area contributed by atoms with E-state index >= 15 is 0 Å². The molecule has 0 N–H and O–H groups in total. The third-order valence-electron chi connectivity index (χ3n) is 4.72. The number of hydrogen-bond acceptors (Lipinski definition) is 4. The van der Waals surface area contributed by atoms with Gasteiger partial charge in [-0.25, -0.2) is 0 Å². The Morgan fingerprint density at radius 3 is 2.96 bits per heavy atom. The summed E-state index contributed by atoms with van der Waals surface area (Å²) in [4.78, 5) is 15.1. The Morgan fingerprint density at radius 2 is 2.00 bits per heavy atom. The van der Waals surface area contributed by atoms with Crippen LogP contribution in [0, 0.1) is 0 Å². The molecular weight excluding hydrogens is 316 g/mol. The zero-order valence-corrected chi connectivity index (χ0v) is 13.5. The minimum atomic E-state index is -0.286. The van der Waals surface area contributed by atoms with E-state index in [0.717, 1.165) is 12.2 Å². The van der Waals surface area contributed by atoms with Gasteiger partial charge in [-0.2, -0.15) is 4.98 Å². The molecule has 0 saturated heterocycles. The molecule has 1 aliphatic carbocycles. The van der Waals surface area contributed by atoms with E-state index in [4.69, 9.17) is 9.47 Å². The van der Waals surface area contributed by atoms with Gasteiger partial charge in [0.2, 0.25) is 0 Å². The molecule has 0 radical (unpaired) electrons. The van der Waals surface area contributed by atoms with Crippen molar-refractivity contribution in [3.8, 4) is 22.9 Å². The standard InChI is InChI=1S/C20H16N2O3/c23-19-7-8-22-11-16(25-20(22)21-19)12-24-15-5-6-18-14(10-15)9-13-3-1-2-4-17(13)18/h1-8,10,16H,9,11-12H2/t16-/m0/s1. The lowest BCUT2D eigenvalue weighted by atomic mass is 10.1. The lowest BCUT2D eigenvalue weighted by Gasteiger charge is -2.12. The van der Waals surface area contributed by atoms with E-state index in [9.17, 15) is 4.79 Å². The molecule has 2 aromatic carbocycles. The van der Waals surface area contributed by atoms with Gasteiger partial charge in [0.25, 0.3) is 11.6 Å². The van der Waals surface area contributed by atoms with Crippen molar-refractivity contribution < 1.29 is 9.47 Å². The SMILES string of the molecule is O=c1ccn2c(n1)O[C@H](COc1ccc3c(c1)Cc1ccccc1-3)C2. The second-order valence-electron chi connectivity index (χ2n) is 6.40. The van der Waals surface area contributed by atoms with Gasteiger partial charge in [0.1, 0.15) is 12.4 Å². The Morgan fingerprint density at radius 1 is 1.12 bits per heavy atom. The van der Waals surface area contributed by atoms with E-state index in [1.165, 1.54) is 28.3 Å². The number of aromatic nitrogens is 2. The maximum atomic E-state index is 11.3. The van der Waals surface area contributed by atoms with Gasteiger partial charge >= 0.3 is 0 Å². The lowest BCUT2D eigenvalue weighted by molar-refractivity contribution is 0.143. The summed E-state index contributed by atoms with van der Waals surface area (Å²) in [6.07, 6.45) is 2.51. The Hall–Kier alpha value is -3.08. The second kappa shape index (κ2) is 5.48. The van der Waals surface area contributed by atoms with Crippen molar-refractivity contribution in [2.24, 2.45) is 0 Å². The molecule has 0 unspecified atom stereocenters. The minimum absolute atomic E-state index is 0.139. The fourth-order valence-corrected chi connectivity index (χ4v) is 3.54. The van der Waals surface area contributed by atoms with Crippen LogP contribution < -0.4 is 15.0 Å². The highest BCUT2D eigenvalue weighted by atomic mass is 16.6. The van der Waals surface area contributed by atoms with Crippen LogP contribution in [0.25, 0.3) is 11.1 Å². The monoisotopic (exact) mass is 332 g/mol. The number of nitrogens with zero attached hydrogens (tertiary/aromatic N) is 2. The molecule has 1 atom stereocenters. The van der Waals surface area contributed by atoms with Gasteiger partial charge in [-0.15, -0.1) is 0 Å². The maximum absolute atomic E-state index is 11.3. The van der Waals surface area contributed by atoms with Crippen LogP contribution in [-0.2, 0) is 13.0 Å². The van der Waals surface area contributed by atoms with E-state index in [1.807, 2.05) is 10.6 Å². The van der Waals surface area contributed by atoms with E-state index in [2.05, 4.69) is 41.4 Å². The van der Waals surface area contributed by atoms with Gasteiger partial charge < -0.3 is 9.47 Å². The van der Waals surface area contributed by atoms with Crippen molar-refractivity contribution in [2.75, 3.05) is 6.61 Å². The van der Waals surface area contributed by atoms with Crippen LogP contribution in [0.4, 0.5) is 0 Å². The van der Waals surface area contributed by atoms with Crippen LogP contribution in [-0.4, -0.2) is 22.3 Å². The van der Waals surface area contributed by atoms with Gasteiger partial charge in [0.05, 0.1) is 6.54 Å². The van der Waals surface area contributed by atoms with E-state index in [1.54, 1.807) is 6.20 Å². The molecule has 25 heavy (non-hydrogen) atoms. The summed E-state index contributed by atoms with van der Waals surface area (Å²) in [7, 11) is 0. The molecule has 1 aromatic heterocycles. The molecule has 2 heterocycles. The predicted molar refractivity (Wildman–Crippen MR) is 93.1 cm³/mol. The van der Waals surface area contributed by atoms with Crippen LogP contribution in [0.3, 0.4) is 0 Å². The van der Waals surface area contributed by atoms with Gasteiger partial charge in [-0.3, -0.25) is 9.36 Å². The summed E-state index contributed by atoms with van der Waals surface area (Å²) in [5.74, 6) is 0.841. The number of hydrogen-bond donors (Lipinski definition) is 0. The molecule has 5 nitrogen and oxygen atoms in total. The van der Waals surface area contributed by atoms with Crippen molar-refractivity contribution in [1.29, 1.82) is 0 Å². The van der Waals surface area contributed by atoms with Crippen LogP contribution in [0.15, 0.2) is 59.5 Å². The zero-order chi connectivity index (χ0) is 16.8. The normalized spacial score (nSPS) is 16.7. The first kappa shape index (κ1) is 14.3. The second-order valence-corrected chi connectivity index (χ2v) is 6.40. The van der Waals surface area contributed by atoms with Crippen molar-refractivity contribution in [1.82, 2.24) is 9.55 Å². The Bertz CT molecular complexity index is 1030. The summed E-state index contributed by atoms with van der Waals surface area (Å²) in [5.41, 5.74) is 4.97. The molecule has 124 valence electrons. The first-order valence-corrected chi connectivity index (χ1v) is 8.34. The summed E-state index contributed by atoms with van der Waals surface area (Å²) in [6, 6.07) is 16.5. The molecule has 0 saturated carbocycles. The minimum Gasteiger partial charge on any atom is -0.490 e. The molecule has 1 aliphatic heterocycles. The highest BCUT2D eigenvalue weighted by Crippen LogP contribution is 2.38. The Labute approximate surface area is 144 Å². The number of rotatable bonds is 3. The highest BCUT2D eigenvalue weighted by molar-refractivity contribution is 5.77. The molecule has 0 amide bonds. The third-order valence-corrected chi connectivity index (χ3v) is 4.72. The fraction of sp³-hybridized carbons (Fsp3) is 0.200. The first-order chi connectivity index (χ1) is 12.3. The van der Waals surface area contributed by atoms with Crippen LogP contribution in [0.1, 0.15) is 11.1 Å². The average molecular weight is 332 g/mol. The topological polar surface area (TPSA) is 53.4 Å². The third kappa shape index (κ3) is 2.48. The predicted octanol–water partition coefficient (Wildman–Crippen LogP) is 2.65. The first-order valence-electron chi connectivity index (χ1n) is 8.34. The quantitative estimate of drug-likeness (QED) is 0.579. The van der Waals surface area contributed by atoms with E-state index in [-0.39, 0.29) is 11.7 Å². The van der Waals surface area contributed by atoms with Gasteiger partial charge in [-0.1, -0.05) is 30.3 Å². The highest BCUT2D eigenvalue weighted by Gasteiger charge is 2.24. The number of benzene rings is 2. The fourth-order valence-electron chi connectivity index (χ4n) is 3.54. The molecule has 2 aliphatic rings. The summed E-state index contributed by atoms with van der Waals surface area (Å²) in [6.45, 7) is 1.06. The average Bonchev–Trinajstić information content (AvgIpc) is 3.19. The zero-order valence-electron chi connectivity index (χ0n) is 13.5. The van der Waals surface area contributed by atoms with Crippen molar-refractivity contribution >= 4 is 0 Å². The molecule has 0 spiro atoms. The van der Waals surface area contributed by atoms with Crippen molar-refractivity contribution in [2.45, 2.75) is 19.1 Å². The van der Waals surface area contributed by atoms with Gasteiger partial charge in [0.15, 0.2) is 6.10 Å². The largest absolute Gasteiger partial charge is 0.490 e. The molecule has 0 bridgehead atoms. The number of fused-ring (bicyclic) bond motifs is 4. The van der Waals surface area contributed by atoms with Crippen LogP contribution >= 0.6 is 0 Å². The summed E-state index contributed by atoms with van der Waals surface area (Å²) < 4.78 is 13.4. The molecule has 5 heteroatoms. The van der Waals surface area contributed by atoms with Crippen LogP contribution in [0.2, 0.25) is 0 Å². The summed E-state index contributed by atoms with van der Waals surface area (Å²) in [5, 5.41) is 0. The number of ether oxygens (including phenoxy) is 2. The molecule has 3 aromatic rings. The molecular formula is C20H16N2O3. The maximum Gasteiger partial charge on any atom is 0.300 e. The Kier molecular flexibility index (Phi) is 3.13. The Balaban J connectivity index is 1.29. The van der Waals surface area contributed by atoms with Crippen molar-refractivity contribution in [3.05, 3.63) is 76.2 Å². The molecule has 5 rings (SSSR count). The van der Waals surface area contributed by atoms with Crippen LogP contribution in [0.5, 0.6) is 11.8 Å². The van der Waals surface area contributed by atoms with E-state index in [0.29, 0.717) is 19.2 Å². The molecule has 0 fully saturated rings. The van der Waals surface area contributed by atoms with Crippen molar-refractivity contribution in [3.63, 3.8) is 0 Å². The summed E-state index contributed by atoms with van der Waals surface area (Å²) >= 11 is 0. The lowest BCUT2D eigenvalue weighted by Crippen LogP contribution is -2.23. The van der Waals surface area contributed by atoms with Gasteiger partial charge in [0, 0.05) is 12.3 Å².